The molecule has 1 atom stereocenters. The molecule has 0 bridgehead atoms. The van der Waals surface area contributed by atoms with Crippen LogP contribution in [0.15, 0.2) is 16.6 Å². The highest BCUT2D eigenvalue weighted by Gasteiger charge is 2.26. The van der Waals surface area contributed by atoms with Crippen LogP contribution in [0.25, 0.3) is 0 Å². The van der Waals surface area contributed by atoms with Crippen molar-refractivity contribution in [3.63, 3.8) is 0 Å². The van der Waals surface area contributed by atoms with E-state index in [4.69, 9.17) is 0 Å². The number of amides is 1. The molecule has 3 nitrogen and oxygen atoms in total. The summed E-state index contributed by atoms with van der Waals surface area (Å²) in [4.78, 5) is 10.8. The Bertz CT molecular complexity index is 425. The topological polar surface area (TPSA) is 38.3 Å². The summed E-state index contributed by atoms with van der Waals surface area (Å²) in [5, 5.41) is 2.48. The monoisotopic (exact) mass is 277 g/mol. The van der Waals surface area contributed by atoms with Crippen molar-refractivity contribution in [2.75, 3.05) is 6.61 Å². The number of alkyl carbamates (subject to hydrolysis) is 1. The van der Waals surface area contributed by atoms with Gasteiger partial charge in [-0.1, -0.05) is 15.9 Å². The van der Waals surface area contributed by atoms with Crippen LogP contribution in [-0.4, -0.2) is 12.7 Å². The highest BCUT2D eigenvalue weighted by Crippen LogP contribution is 2.28. The fourth-order valence-corrected chi connectivity index (χ4v) is 1.95. The summed E-state index contributed by atoms with van der Waals surface area (Å²) in [7, 11) is 0. The maximum atomic E-state index is 13.0. The Labute approximate surface area is 92.5 Å². The number of nitrogens with one attached hydrogen (secondary N) is 1. The number of cyclic esters (lactones) is 1. The molecule has 0 saturated carbocycles. The van der Waals surface area contributed by atoms with Gasteiger partial charge in [-0.3, -0.25) is 0 Å². The third-order valence-electron chi connectivity index (χ3n) is 2.09. The average molecular weight is 278 g/mol. The van der Waals surface area contributed by atoms with Crippen LogP contribution in [-0.2, 0) is 4.74 Å². The van der Waals surface area contributed by atoms with E-state index in [2.05, 4.69) is 26.0 Å². The molecule has 0 spiro atoms. The van der Waals surface area contributed by atoms with Gasteiger partial charge in [0.1, 0.15) is 6.61 Å². The minimum absolute atomic E-state index is 0.114. The second-order valence-corrected chi connectivity index (χ2v) is 3.94. The normalized spacial score (nSPS) is 19.9. The highest BCUT2D eigenvalue weighted by atomic mass is 79.9. The molecule has 1 unspecified atom stereocenters. The first kappa shape index (κ1) is 10.4. The zero-order valence-corrected chi connectivity index (χ0v) is 8.98. The summed E-state index contributed by atoms with van der Waals surface area (Å²) in [6.45, 7) is 0.114. The van der Waals surface area contributed by atoms with Crippen molar-refractivity contribution < 1.29 is 18.3 Å². The Kier molecular flexibility index (Phi) is 2.60. The molecule has 1 aromatic rings. The van der Waals surface area contributed by atoms with E-state index in [-0.39, 0.29) is 6.61 Å². The van der Waals surface area contributed by atoms with Crippen molar-refractivity contribution in [3.8, 4) is 0 Å². The summed E-state index contributed by atoms with van der Waals surface area (Å²) < 4.78 is 30.8. The average Bonchev–Trinajstić information content (AvgIpc) is 2.58. The predicted octanol–water partition coefficient (Wildman–Crippen LogP) is 2.51. The molecule has 1 amide bonds. The van der Waals surface area contributed by atoms with Crippen LogP contribution in [0.3, 0.4) is 0 Å². The van der Waals surface area contributed by atoms with Gasteiger partial charge in [-0.25, -0.2) is 13.6 Å². The van der Waals surface area contributed by atoms with E-state index in [1.54, 1.807) is 0 Å². The molecular weight excluding hydrogens is 272 g/mol. The van der Waals surface area contributed by atoms with Crippen molar-refractivity contribution in [2.45, 2.75) is 6.04 Å². The minimum atomic E-state index is -0.950. The SMILES string of the molecule is O=C1NC(c2cc(F)c(F)cc2Br)CO1. The maximum absolute atomic E-state index is 13.0. The predicted molar refractivity (Wildman–Crippen MR) is 51.3 cm³/mol. The first-order chi connectivity index (χ1) is 7.08. The lowest BCUT2D eigenvalue weighted by molar-refractivity contribution is 0.177. The number of carbonyl (C=O) groups excluding carboxylic acids is 1. The van der Waals surface area contributed by atoms with Crippen LogP contribution < -0.4 is 5.32 Å². The summed E-state index contributed by atoms with van der Waals surface area (Å²) in [5.74, 6) is -1.88. The molecule has 1 heterocycles. The fourth-order valence-electron chi connectivity index (χ4n) is 1.36. The Hall–Kier alpha value is -1.17. The van der Waals surface area contributed by atoms with Gasteiger partial charge in [-0.05, 0) is 17.7 Å². The van der Waals surface area contributed by atoms with E-state index >= 15 is 0 Å². The van der Waals surface area contributed by atoms with E-state index in [9.17, 15) is 13.6 Å². The lowest BCUT2D eigenvalue weighted by atomic mass is 10.1. The quantitative estimate of drug-likeness (QED) is 0.801. The van der Waals surface area contributed by atoms with Crippen LogP contribution >= 0.6 is 15.9 Å². The van der Waals surface area contributed by atoms with E-state index in [0.29, 0.717) is 10.0 Å². The lowest BCUT2D eigenvalue weighted by Gasteiger charge is -2.10. The van der Waals surface area contributed by atoms with Crippen molar-refractivity contribution >= 4 is 22.0 Å². The molecule has 80 valence electrons. The number of benzene rings is 1. The molecule has 15 heavy (non-hydrogen) atoms. The standard InChI is InChI=1S/C9H6BrF2NO2/c10-5-2-7(12)6(11)1-4(5)8-3-15-9(14)13-8/h1-2,8H,3H2,(H,13,14). The lowest BCUT2D eigenvalue weighted by Crippen LogP contribution is -2.19. The molecule has 0 aliphatic carbocycles. The van der Waals surface area contributed by atoms with Gasteiger partial charge in [0, 0.05) is 4.47 Å². The number of hydrogen-bond donors (Lipinski definition) is 1. The Morgan fingerprint density at radius 2 is 2.07 bits per heavy atom. The zero-order valence-electron chi connectivity index (χ0n) is 7.39. The van der Waals surface area contributed by atoms with Gasteiger partial charge in [0.15, 0.2) is 11.6 Å². The molecule has 1 fully saturated rings. The van der Waals surface area contributed by atoms with E-state index in [1.165, 1.54) is 0 Å². The molecule has 6 heteroatoms. The second kappa shape index (κ2) is 3.77. The van der Waals surface area contributed by atoms with Crippen molar-refractivity contribution in [1.82, 2.24) is 5.32 Å². The number of carbonyl (C=O) groups is 1. The molecule has 1 aromatic carbocycles. The number of hydrogen-bond acceptors (Lipinski definition) is 2. The molecule has 1 aliphatic heterocycles. The number of halogens is 3. The molecular formula is C9H6BrF2NO2. The van der Waals surface area contributed by atoms with Gasteiger partial charge in [0.25, 0.3) is 0 Å². The molecule has 0 radical (unpaired) electrons. The van der Waals surface area contributed by atoms with Gasteiger partial charge in [-0.15, -0.1) is 0 Å². The van der Waals surface area contributed by atoms with E-state index in [1.807, 2.05) is 0 Å². The third-order valence-corrected chi connectivity index (χ3v) is 2.77. The molecule has 0 aromatic heterocycles. The number of rotatable bonds is 1. The third kappa shape index (κ3) is 1.94. The zero-order chi connectivity index (χ0) is 11.0. The molecule has 1 aliphatic rings. The Morgan fingerprint density at radius 1 is 1.40 bits per heavy atom. The van der Waals surface area contributed by atoms with E-state index in [0.717, 1.165) is 12.1 Å². The van der Waals surface area contributed by atoms with Crippen molar-refractivity contribution in [1.29, 1.82) is 0 Å². The van der Waals surface area contributed by atoms with Gasteiger partial charge < -0.3 is 10.1 Å². The second-order valence-electron chi connectivity index (χ2n) is 3.08. The summed E-state index contributed by atoms with van der Waals surface area (Å²) >= 11 is 3.10. The van der Waals surface area contributed by atoms with Gasteiger partial charge >= 0.3 is 6.09 Å². The van der Waals surface area contributed by atoms with Gasteiger partial charge in [0.2, 0.25) is 0 Å². The molecule has 1 saturated heterocycles. The smallest absolute Gasteiger partial charge is 0.407 e. The van der Waals surface area contributed by atoms with Crippen LogP contribution in [0, 0.1) is 11.6 Å². The van der Waals surface area contributed by atoms with Crippen LogP contribution in [0.1, 0.15) is 11.6 Å². The van der Waals surface area contributed by atoms with E-state index < -0.39 is 23.8 Å². The first-order valence-corrected chi connectivity index (χ1v) is 4.95. The summed E-state index contributed by atoms with van der Waals surface area (Å²) in [6.07, 6.45) is -0.559. The fraction of sp³-hybridized carbons (Fsp3) is 0.222. The van der Waals surface area contributed by atoms with Crippen molar-refractivity contribution in [3.05, 3.63) is 33.8 Å². The van der Waals surface area contributed by atoms with Gasteiger partial charge in [0.05, 0.1) is 6.04 Å². The molecule has 1 N–H and O–H groups in total. The van der Waals surface area contributed by atoms with Crippen LogP contribution in [0.2, 0.25) is 0 Å². The van der Waals surface area contributed by atoms with Crippen LogP contribution in [0.5, 0.6) is 0 Å². The largest absolute Gasteiger partial charge is 0.447 e. The molecule has 2 rings (SSSR count). The van der Waals surface area contributed by atoms with Gasteiger partial charge in [-0.2, -0.15) is 0 Å². The minimum Gasteiger partial charge on any atom is -0.447 e. The van der Waals surface area contributed by atoms with Crippen molar-refractivity contribution in [2.24, 2.45) is 0 Å². The first-order valence-electron chi connectivity index (χ1n) is 4.15. The Balaban J connectivity index is 2.36. The number of ether oxygens (including phenoxy) is 1. The summed E-state index contributed by atoms with van der Waals surface area (Å²) in [6, 6.07) is 1.62. The summed E-state index contributed by atoms with van der Waals surface area (Å²) in [5.41, 5.74) is 0.458. The Morgan fingerprint density at radius 3 is 2.67 bits per heavy atom. The van der Waals surface area contributed by atoms with Crippen LogP contribution in [0.4, 0.5) is 13.6 Å². The highest BCUT2D eigenvalue weighted by molar-refractivity contribution is 9.10. The maximum Gasteiger partial charge on any atom is 0.407 e.